The van der Waals surface area contributed by atoms with Crippen LogP contribution in [-0.2, 0) is 17.7 Å². The first-order valence-electron chi connectivity index (χ1n) is 10.9. The van der Waals surface area contributed by atoms with Gasteiger partial charge in [-0.1, -0.05) is 23.7 Å². The molecule has 2 fully saturated rings. The first kappa shape index (κ1) is 21.3. The summed E-state index contributed by atoms with van der Waals surface area (Å²) >= 11 is 6.51. The lowest BCUT2D eigenvalue weighted by Crippen LogP contribution is -2.35. The fourth-order valence-electron chi connectivity index (χ4n) is 4.27. The molecule has 2 heterocycles. The fraction of sp³-hybridized carbons (Fsp3) is 0.500. The second kappa shape index (κ2) is 9.90. The molecule has 4 rings (SSSR count). The van der Waals surface area contributed by atoms with Crippen molar-refractivity contribution >= 4 is 17.5 Å². The van der Waals surface area contributed by atoms with Crippen LogP contribution in [0.15, 0.2) is 36.7 Å². The van der Waals surface area contributed by atoms with E-state index in [0.29, 0.717) is 24.1 Å². The molecule has 1 unspecified atom stereocenters. The van der Waals surface area contributed by atoms with Gasteiger partial charge in [0.15, 0.2) is 0 Å². The van der Waals surface area contributed by atoms with E-state index in [2.05, 4.69) is 16.4 Å². The number of hydrogen-bond donors (Lipinski definition) is 1. The number of aromatic nitrogens is 1. The molecule has 1 aliphatic carbocycles. The number of nitrogens with one attached hydrogen (secondary N) is 1. The van der Waals surface area contributed by atoms with Gasteiger partial charge in [0.05, 0.1) is 12.2 Å². The average Bonchev–Trinajstić information content (AvgIpc) is 3.63. The predicted octanol–water partition coefficient (Wildman–Crippen LogP) is 4.20. The molecule has 0 spiro atoms. The van der Waals surface area contributed by atoms with Crippen molar-refractivity contribution in [3.05, 3.63) is 63.9 Å². The minimum absolute atomic E-state index is 0.0736. The van der Waals surface area contributed by atoms with Gasteiger partial charge in [0.25, 0.3) is 5.91 Å². The van der Waals surface area contributed by atoms with Crippen LogP contribution in [0.3, 0.4) is 0 Å². The van der Waals surface area contributed by atoms with Gasteiger partial charge in [-0.15, -0.1) is 0 Å². The standard InChI is InChI=1S/C24H30ClN3O2/c1-30-12-9-17-4-7-23(25)19(13-17)16-28(20-5-6-20)24(29)22-15-27-11-8-21(22)18-3-2-10-26-14-18/h4,7-8,11,13,15,18,20,26H,2-3,5-6,9-10,12,14,16H2,1H3. The summed E-state index contributed by atoms with van der Waals surface area (Å²) in [4.78, 5) is 20.0. The quantitative estimate of drug-likeness (QED) is 0.686. The van der Waals surface area contributed by atoms with Crippen molar-refractivity contribution in [2.45, 2.75) is 50.6 Å². The van der Waals surface area contributed by atoms with E-state index >= 15 is 0 Å². The van der Waals surface area contributed by atoms with Crippen LogP contribution in [0.4, 0.5) is 0 Å². The number of carbonyl (C=O) groups excluding carboxylic acids is 1. The fourth-order valence-corrected chi connectivity index (χ4v) is 4.45. The number of amides is 1. The van der Waals surface area contributed by atoms with Gasteiger partial charge < -0.3 is 15.0 Å². The Morgan fingerprint density at radius 3 is 2.90 bits per heavy atom. The normalized spacial score (nSPS) is 18.9. The maximum atomic E-state index is 13.7. The first-order chi connectivity index (χ1) is 14.7. The highest BCUT2D eigenvalue weighted by Gasteiger charge is 2.35. The van der Waals surface area contributed by atoms with E-state index < -0.39 is 0 Å². The van der Waals surface area contributed by atoms with Gasteiger partial charge in [0.2, 0.25) is 0 Å². The summed E-state index contributed by atoms with van der Waals surface area (Å²) in [7, 11) is 1.71. The van der Waals surface area contributed by atoms with Crippen molar-refractivity contribution in [3.8, 4) is 0 Å². The third-order valence-electron chi connectivity index (χ3n) is 6.12. The molecule has 1 N–H and O–H groups in total. The van der Waals surface area contributed by atoms with E-state index in [0.717, 1.165) is 61.9 Å². The third-order valence-corrected chi connectivity index (χ3v) is 6.48. The van der Waals surface area contributed by atoms with Crippen molar-refractivity contribution in [2.24, 2.45) is 0 Å². The van der Waals surface area contributed by atoms with Gasteiger partial charge in [0.1, 0.15) is 0 Å². The monoisotopic (exact) mass is 427 g/mol. The molecule has 1 aromatic carbocycles. The molecule has 1 saturated carbocycles. The average molecular weight is 428 g/mol. The topological polar surface area (TPSA) is 54.5 Å². The summed E-state index contributed by atoms with van der Waals surface area (Å²) in [5.41, 5.74) is 4.03. The van der Waals surface area contributed by atoms with Crippen molar-refractivity contribution < 1.29 is 9.53 Å². The number of benzene rings is 1. The molecule has 160 valence electrons. The number of piperidine rings is 1. The summed E-state index contributed by atoms with van der Waals surface area (Å²) in [6.07, 6.45) is 8.72. The molecule has 0 bridgehead atoms. The van der Waals surface area contributed by atoms with Crippen LogP contribution in [0, 0.1) is 0 Å². The van der Waals surface area contributed by atoms with E-state index in [4.69, 9.17) is 16.3 Å². The van der Waals surface area contributed by atoms with Crippen LogP contribution in [0.1, 0.15) is 58.6 Å². The van der Waals surface area contributed by atoms with E-state index in [9.17, 15) is 4.79 Å². The smallest absolute Gasteiger partial charge is 0.256 e. The summed E-state index contributed by atoms with van der Waals surface area (Å²) in [6.45, 7) is 3.17. The molecule has 1 atom stereocenters. The van der Waals surface area contributed by atoms with Gasteiger partial charge in [-0.25, -0.2) is 0 Å². The molecule has 1 aromatic heterocycles. The number of halogens is 1. The molecule has 0 radical (unpaired) electrons. The number of nitrogens with zero attached hydrogens (tertiary/aromatic N) is 2. The summed E-state index contributed by atoms with van der Waals surface area (Å²) in [5.74, 6) is 0.437. The first-order valence-corrected chi connectivity index (χ1v) is 11.3. The SMILES string of the molecule is COCCc1ccc(Cl)c(CN(C(=O)c2cnccc2C2CCCNC2)C2CC2)c1. The van der Waals surface area contributed by atoms with Crippen LogP contribution in [0.5, 0.6) is 0 Å². The summed E-state index contributed by atoms with van der Waals surface area (Å²) < 4.78 is 5.20. The van der Waals surface area contributed by atoms with E-state index in [1.54, 1.807) is 19.5 Å². The Labute approximate surface area is 183 Å². The molecule has 30 heavy (non-hydrogen) atoms. The zero-order valence-electron chi connectivity index (χ0n) is 17.6. The number of rotatable bonds is 8. The third kappa shape index (κ3) is 5.02. The number of pyridine rings is 1. The van der Waals surface area contributed by atoms with Crippen LogP contribution in [0.2, 0.25) is 5.02 Å². The van der Waals surface area contributed by atoms with Gasteiger partial charge in [-0.05, 0) is 73.4 Å². The van der Waals surface area contributed by atoms with E-state index in [1.807, 2.05) is 23.1 Å². The van der Waals surface area contributed by atoms with E-state index in [-0.39, 0.29) is 11.9 Å². The molecular formula is C24H30ClN3O2. The van der Waals surface area contributed by atoms with Crippen LogP contribution in [0.25, 0.3) is 0 Å². The lowest BCUT2D eigenvalue weighted by molar-refractivity contribution is 0.0727. The van der Waals surface area contributed by atoms with Crippen molar-refractivity contribution in [2.75, 3.05) is 26.8 Å². The molecule has 2 aromatic rings. The second-order valence-electron chi connectivity index (χ2n) is 8.34. The summed E-state index contributed by atoms with van der Waals surface area (Å²) in [5, 5.41) is 4.17. The van der Waals surface area contributed by atoms with E-state index in [1.165, 1.54) is 5.56 Å². The zero-order valence-corrected chi connectivity index (χ0v) is 18.3. The summed E-state index contributed by atoms with van der Waals surface area (Å²) in [6, 6.07) is 8.38. The van der Waals surface area contributed by atoms with Crippen LogP contribution < -0.4 is 5.32 Å². The number of ether oxygens (including phenoxy) is 1. The number of hydrogen-bond acceptors (Lipinski definition) is 4. The molecule has 5 nitrogen and oxygen atoms in total. The highest BCUT2D eigenvalue weighted by molar-refractivity contribution is 6.31. The Morgan fingerprint density at radius 2 is 2.17 bits per heavy atom. The van der Waals surface area contributed by atoms with Crippen molar-refractivity contribution in [3.63, 3.8) is 0 Å². The molecule has 6 heteroatoms. The lowest BCUT2D eigenvalue weighted by Gasteiger charge is -2.28. The molecule has 1 aliphatic heterocycles. The predicted molar refractivity (Wildman–Crippen MR) is 119 cm³/mol. The largest absolute Gasteiger partial charge is 0.384 e. The minimum atomic E-state index is 0.0736. The molecule has 1 amide bonds. The maximum absolute atomic E-state index is 13.7. The Kier molecular flexibility index (Phi) is 7.03. The Balaban J connectivity index is 1.58. The van der Waals surface area contributed by atoms with Crippen molar-refractivity contribution in [1.29, 1.82) is 0 Å². The molecule has 2 aliphatic rings. The Hall–Kier alpha value is -1.95. The maximum Gasteiger partial charge on any atom is 0.256 e. The molecular weight excluding hydrogens is 398 g/mol. The van der Waals surface area contributed by atoms with Gasteiger partial charge >= 0.3 is 0 Å². The number of methoxy groups -OCH3 is 1. The zero-order chi connectivity index (χ0) is 20.9. The Morgan fingerprint density at radius 1 is 1.30 bits per heavy atom. The highest BCUT2D eigenvalue weighted by Crippen LogP contribution is 2.33. The van der Waals surface area contributed by atoms with Crippen molar-refractivity contribution in [1.82, 2.24) is 15.2 Å². The van der Waals surface area contributed by atoms with Gasteiger partial charge in [0, 0.05) is 43.7 Å². The number of carbonyl (C=O) groups is 1. The minimum Gasteiger partial charge on any atom is -0.384 e. The van der Waals surface area contributed by atoms with Crippen LogP contribution >= 0.6 is 11.6 Å². The van der Waals surface area contributed by atoms with Gasteiger partial charge in [-0.2, -0.15) is 0 Å². The molecule has 1 saturated heterocycles. The highest BCUT2D eigenvalue weighted by atomic mass is 35.5. The van der Waals surface area contributed by atoms with Gasteiger partial charge in [-0.3, -0.25) is 9.78 Å². The van der Waals surface area contributed by atoms with Crippen LogP contribution in [-0.4, -0.2) is 48.6 Å². The lowest BCUT2D eigenvalue weighted by atomic mass is 9.89. The Bertz CT molecular complexity index is 879. The second-order valence-corrected chi connectivity index (χ2v) is 8.75.